The number of ether oxygens (including phenoxy) is 1. The van der Waals surface area contributed by atoms with Gasteiger partial charge in [0.05, 0.1) is 7.11 Å². The number of carbonyl (C=O) groups excluding carboxylic acids is 2. The lowest BCUT2D eigenvalue weighted by Crippen LogP contribution is -2.59. The first-order valence-corrected chi connectivity index (χ1v) is 9.10. The number of methoxy groups -OCH3 is 1. The van der Waals surface area contributed by atoms with Gasteiger partial charge in [0.25, 0.3) is 0 Å². The van der Waals surface area contributed by atoms with E-state index < -0.39 is 11.5 Å². The summed E-state index contributed by atoms with van der Waals surface area (Å²) in [5.74, 6) is -0.468. The van der Waals surface area contributed by atoms with E-state index in [1.807, 2.05) is 37.4 Å². The molecule has 0 radical (unpaired) electrons. The van der Waals surface area contributed by atoms with Crippen molar-refractivity contribution < 1.29 is 14.3 Å². The quantitative estimate of drug-likeness (QED) is 0.736. The normalized spacial score (nSPS) is 14.7. The minimum absolute atomic E-state index is 0.0490. The molecule has 142 valence electrons. The van der Waals surface area contributed by atoms with Crippen LogP contribution in [0.25, 0.3) is 0 Å². The summed E-state index contributed by atoms with van der Waals surface area (Å²) < 4.78 is 4.74. The van der Waals surface area contributed by atoms with Gasteiger partial charge >= 0.3 is 5.97 Å². The zero-order valence-electron chi connectivity index (χ0n) is 16.1. The molecule has 27 heavy (non-hydrogen) atoms. The van der Waals surface area contributed by atoms with Gasteiger partial charge in [0, 0.05) is 26.4 Å². The van der Waals surface area contributed by atoms with Crippen molar-refractivity contribution in [3.8, 4) is 0 Å². The molecule has 0 fully saturated rings. The van der Waals surface area contributed by atoms with Crippen LogP contribution in [0.15, 0.2) is 54.6 Å². The van der Waals surface area contributed by atoms with Crippen LogP contribution in [-0.2, 0) is 33.7 Å². The summed E-state index contributed by atoms with van der Waals surface area (Å²) in [4.78, 5) is 28.8. The Hall–Kier alpha value is -2.66. The maximum atomic E-state index is 13.5. The highest BCUT2D eigenvalue weighted by molar-refractivity contribution is 5.90. The molecule has 1 aliphatic carbocycles. The molecule has 0 bridgehead atoms. The fraction of sp³-hybridized carbons (Fsp3) is 0.364. The number of fused-ring (bicyclic) bond motifs is 1. The van der Waals surface area contributed by atoms with E-state index >= 15 is 0 Å². The highest BCUT2D eigenvalue weighted by Crippen LogP contribution is 2.36. The largest absolute Gasteiger partial charge is 0.468 e. The highest BCUT2D eigenvalue weighted by atomic mass is 16.5. The molecule has 1 aliphatic rings. The average Bonchev–Trinajstić information content (AvgIpc) is 3.08. The molecular formula is C22H26N2O3. The van der Waals surface area contributed by atoms with E-state index in [0.29, 0.717) is 19.4 Å². The van der Waals surface area contributed by atoms with Crippen molar-refractivity contribution in [2.75, 3.05) is 27.7 Å². The second-order valence-electron chi connectivity index (χ2n) is 7.23. The molecule has 0 saturated heterocycles. The summed E-state index contributed by atoms with van der Waals surface area (Å²) >= 11 is 0. The summed E-state index contributed by atoms with van der Waals surface area (Å²) in [7, 11) is 4.99. The Balaban J connectivity index is 1.90. The van der Waals surface area contributed by atoms with Gasteiger partial charge in [-0.3, -0.25) is 14.5 Å². The third-order valence-corrected chi connectivity index (χ3v) is 5.42. The molecule has 0 aromatic heterocycles. The van der Waals surface area contributed by atoms with Crippen molar-refractivity contribution in [3.63, 3.8) is 0 Å². The molecule has 0 unspecified atom stereocenters. The standard InChI is InChI=1S/C22H26N2O3/c1-23(16-20(25)27-3)21(26)22(13-18-11-7-8-12-19(18)14-22)24(2)15-17-9-5-4-6-10-17/h4-12H,13-16H2,1-3H3. The molecule has 1 amide bonds. The zero-order valence-corrected chi connectivity index (χ0v) is 16.1. The van der Waals surface area contributed by atoms with Crippen LogP contribution in [0, 0.1) is 0 Å². The molecule has 2 aromatic carbocycles. The van der Waals surface area contributed by atoms with Gasteiger partial charge in [0.15, 0.2) is 0 Å². The number of benzene rings is 2. The van der Waals surface area contributed by atoms with Gasteiger partial charge in [0.1, 0.15) is 12.1 Å². The summed E-state index contributed by atoms with van der Waals surface area (Å²) in [5.41, 5.74) is 2.83. The molecule has 0 atom stereocenters. The van der Waals surface area contributed by atoms with Crippen molar-refractivity contribution in [3.05, 3.63) is 71.3 Å². The van der Waals surface area contributed by atoms with Gasteiger partial charge in [-0.15, -0.1) is 0 Å². The smallest absolute Gasteiger partial charge is 0.325 e. The number of esters is 1. The highest BCUT2D eigenvalue weighted by Gasteiger charge is 2.48. The third kappa shape index (κ3) is 3.88. The van der Waals surface area contributed by atoms with E-state index in [2.05, 4.69) is 29.2 Å². The van der Waals surface area contributed by atoms with Crippen LogP contribution in [0.3, 0.4) is 0 Å². The molecule has 2 aromatic rings. The van der Waals surface area contributed by atoms with E-state index in [9.17, 15) is 9.59 Å². The fourth-order valence-electron chi connectivity index (χ4n) is 3.87. The fourth-order valence-corrected chi connectivity index (χ4v) is 3.87. The molecule has 0 saturated carbocycles. The Morgan fingerprint density at radius 2 is 1.52 bits per heavy atom. The summed E-state index contributed by atoms with van der Waals surface area (Å²) in [6.07, 6.45) is 1.27. The van der Waals surface area contributed by atoms with Crippen molar-refractivity contribution in [1.29, 1.82) is 0 Å². The molecule has 0 spiro atoms. The second kappa shape index (κ2) is 7.92. The number of hydrogen-bond acceptors (Lipinski definition) is 4. The number of hydrogen-bond donors (Lipinski definition) is 0. The lowest BCUT2D eigenvalue weighted by Gasteiger charge is -2.40. The maximum absolute atomic E-state index is 13.5. The first-order chi connectivity index (χ1) is 13.0. The van der Waals surface area contributed by atoms with Crippen LogP contribution in [0.4, 0.5) is 0 Å². The van der Waals surface area contributed by atoms with Crippen molar-refractivity contribution >= 4 is 11.9 Å². The van der Waals surface area contributed by atoms with Crippen LogP contribution in [-0.4, -0.2) is 55.0 Å². The molecule has 0 N–H and O–H groups in total. The van der Waals surface area contributed by atoms with Gasteiger partial charge in [0.2, 0.25) is 5.91 Å². The maximum Gasteiger partial charge on any atom is 0.325 e. The Morgan fingerprint density at radius 1 is 0.963 bits per heavy atom. The average molecular weight is 366 g/mol. The predicted molar refractivity (Wildman–Crippen MR) is 104 cm³/mol. The van der Waals surface area contributed by atoms with Gasteiger partial charge in [-0.2, -0.15) is 0 Å². The number of rotatable bonds is 6. The predicted octanol–water partition coefficient (Wildman–Crippen LogP) is 2.29. The SMILES string of the molecule is COC(=O)CN(C)C(=O)C1(N(C)Cc2ccccc2)Cc2ccccc2C1. The number of likely N-dealkylation sites (N-methyl/N-ethyl adjacent to an activating group) is 2. The van der Waals surface area contributed by atoms with Crippen molar-refractivity contribution in [2.45, 2.75) is 24.9 Å². The number of nitrogens with zero attached hydrogens (tertiary/aromatic N) is 2. The van der Waals surface area contributed by atoms with Gasteiger partial charge in [-0.1, -0.05) is 54.6 Å². The molecule has 3 rings (SSSR count). The first kappa shape index (κ1) is 19.1. The van der Waals surface area contributed by atoms with Gasteiger partial charge in [-0.05, 0) is 23.7 Å². The molecule has 0 aliphatic heterocycles. The van der Waals surface area contributed by atoms with E-state index in [1.54, 1.807) is 7.05 Å². The molecule has 0 heterocycles. The van der Waals surface area contributed by atoms with Gasteiger partial charge in [-0.25, -0.2) is 0 Å². The minimum atomic E-state index is -0.706. The van der Waals surface area contributed by atoms with Crippen LogP contribution in [0.2, 0.25) is 0 Å². The zero-order chi connectivity index (χ0) is 19.4. The van der Waals surface area contributed by atoms with Crippen molar-refractivity contribution in [2.24, 2.45) is 0 Å². The minimum Gasteiger partial charge on any atom is -0.468 e. The number of amides is 1. The molecule has 5 heteroatoms. The Morgan fingerprint density at radius 3 is 2.07 bits per heavy atom. The van der Waals surface area contributed by atoms with Crippen molar-refractivity contribution in [1.82, 2.24) is 9.80 Å². The third-order valence-electron chi connectivity index (χ3n) is 5.42. The van der Waals surface area contributed by atoms with Crippen LogP contribution < -0.4 is 0 Å². The molecule has 5 nitrogen and oxygen atoms in total. The van der Waals surface area contributed by atoms with Gasteiger partial charge < -0.3 is 9.64 Å². The van der Waals surface area contributed by atoms with E-state index in [-0.39, 0.29) is 12.5 Å². The Bertz CT molecular complexity index is 794. The monoisotopic (exact) mass is 366 g/mol. The topological polar surface area (TPSA) is 49.9 Å². The lowest BCUT2D eigenvalue weighted by molar-refractivity contribution is -0.151. The first-order valence-electron chi connectivity index (χ1n) is 9.10. The Kier molecular flexibility index (Phi) is 5.61. The molecular weight excluding hydrogens is 340 g/mol. The summed E-state index contributed by atoms with van der Waals surface area (Å²) in [5, 5.41) is 0. The number of carbonyl (C=O) groups is 2. The van der Waals surface area contributed by atoms with E-state index in [4.69, 9.17) is 4.74 Å². The Labute approximate surface area is 160 Å². The summed E-state index contributed by atoms with van der Waals surface area (Å²) in [6.45, 7) is 0.610. The second-order valence-corrected chi connectivity index (χ2v) is 7.23. The van der Waals surface area contributed by atoms with Crippen LogP contribution in [0.5, 0.6) is 0 Å². The van der Waals surface area contributed by atoms with Crippen LogP contribution in [0.1, 0.15) is 16.7 Å². The lowest BCUT2D eigenvalue weighted by atomic mass is 9.91. The van der Waals surface area contributed by atoms with E-state index in [1.165, 1.54) is 23.1 Å². The van der Waals surface area contributed by atoms with E-state index in [0.717, 1.165) is 5.56 Å². The van der Waals surface area contributed by atoms with Crippen LogP contribution >= 0.6 is 0 Å². The summed E-state index contributed by atoms with van der Waals surface area (Å²) in [6, 6.07) is 18.3.